The minimum atomic E-state index is -0.0118. The maximum absolute atomic E-state index is 13.1. The highest BCUT2D eigenvalue weighted by Crippen LogP contribution is 2.19. The topological polar surface area (TPSA) is 61.4 Å². The molecule has 6 heteroatoms. The molecule has 6 nitrogen and oxygen atoms in total. The Hall–Kier alpha value is -2.47. The van der Waals surface area contributed by atoms with Gasteiger partial charge in [-0.1, -0.05) is 51.1 Å². The van der Waals surface area contributed by atoms with Crippen molar-refractivity contribution < 1.29 is 4.79 Å². The summed E-state index contributed by atoms with van der Waals surface area (Å²) in [5.74, 6) is 1.90. The molecule has 150 valence electrons. The number of carbonyl (C=O) groups is 1. The summed E-state index contributed by atoms with van der Waals surface area (Å²) in [6.45, 7) is 11.7. The summed E-state index contributed by atoms with van der Waals surface area (Å²) in [5, 5.41) is 3.37. The Kier molecular flexibility index (Phi) is 6.98. The Morgan fingerprint density at radius 2 is 1.82 bits per heavy atom. The molecule has 1 aromatic heterocycles. The molecule has 1 amide bonds. The quantitative estimate of drug-likeness (QED) is 0.797. The largest absolute Gasteiger partial charge is 0.370 e. The van der Waals surface area contributed by atoms with Crippen LogP contribution in [-0.2, 0) is 0 Å². The van der Waals surface area contributed by atoms with Gasteiger partial charge in [0, 0.05) is 44.4 Å². The van der Waals surface area contributed by atoms with Gasteiger partial charge < -0.3 is 15.1 Å². The minimum Gasteiger partial charge on any atom is -0.370 e. The lowest BCUT2D eigenvalue weighted by Gasteiger charge is -2.33. The van der Waals surface area contributed by atoms with Gasteiger partial charge in [-0.05, 0) is 18.9 Å². The van der Waals surface area contributed by atoms with E-state index >= 15 is 0 Å². The molecular weight excluding hydrogens is 350 g/mol. The molecule has 2 heterocycles. The lowest BCUT2D eigenvalue weighted by Crippen LogP contribution is -2.48. The van der Waals surface area contributed by atoms with Crippen molar-refractivity contribution in [3.63, 3.8) is 0 Å². The molecule has 0 unspecified atom stereocenters. The smallest absolute Gasteiger partial charge is 0.272 e. The second kappa shape index (κ2) is 9.64. The van der Waals surface area contributed by atoms with Gasteiger partial charge in [-0.2, -0.15) is 0 Å². The van der Waals surface area contributed by atoms with Crippen LogP contribution in [0.5, 0.6) is 0 Å². The van der Waals surface area contributed by atoms with Crippen molar-refractivity contribution in [3.8, 4) is 11.4 Å². The Morgan fingerprint density at radius 3 is 2.46 bits per heavy atom. The number of hydrogen-bond donors (Lipinski definition) is 1. The maximum atomic E-state index is 13.1. The van der Waals surface area contributed by atoms with Crippen molar-refractivity contribution in [1.29, 1.82) is 0 Å². The SMILES string of the molecule is CCN1CCN(C(=O)c2cc(NCCC(C)C)nc(-c3ccccc3)n2)CC1. The fourth-order valence-electron chi connectivity index (χ4n) is 3.28. The first kappa shape index (κ1) is 20.3. The number of carbonyl (C=O) groups excluding carboxylic acids is 1. The van der Waals surface area contributed by atoms with E-state index in [2.05, 4.69) is 41.0 Å². The number of anilines is 1. The van der Waals surface area contributed by atoms with Crippen molar-refractivity contribution in [3.05, 3.63) is 42.1 Å². The lowest BCUT2D eigenvalue weighted by atomic mass is 10.1. The summed E-state index contributed by atoms with van der Waals surface area (Å²) in [6.07, 6.45) is 1.05. The molecule has 0 saturated carbocycles. The fourth-order valence-corrected chi connectivity index (χ4v) is 3.28. The maximum Gasteiger partial charge on any atom is 0.272 e. The molecule has 1 saturated heterocycles. The monoisotopic (exact) mass is 381 g/mol. The van der Waals surface area contributed by atoms with E-state index in [1.54, 1.807) is 6.07 Å². The highest BCUT2D eigenvalue weighted by molar-refractivity contribution is 5.93. The number of aromatic nitrogens is 2. The van der Waals surface area contributed by atoms with Gasteiger partial charge in [-0.25, -0.2) is 9.97 Å². The van der Waals surface area contributed by atoms with Crippen molar-refractivity contribution in [1.82, 2.24) is 19.8 Å². The van der Waals surface area contributed by atoms with Crippen LogP contribution in [0.2, 0.25) is 0 Å². The third-order valence-electron chi connectivity index (χ3n) is 5.11. The third-order valence-corrected chi connectivity index (χ3v) is 5.11. The molecule has 0 spiro atoms. The summed E-state index contributed by atoms with van der Waals surface area (Å²) in [6, 6.07) is 11.6. The van der Waals surface area contributed by atoms with Crippen LogP contribution < -0.4 is 5.32 Å². The van der Waals surface area contributed by atoms with Crippen LogP contribution in [0.3, 0.4) is 0 Å². The standard InChI is InChI=1S/C22H31N5O/c1-4-26-12-14-27(15-13-26)22(28)19-16-20(23-11-10-17(2)3)25-21(24-19)18-8-6-5-7-9-18/h5-9,16-17H,4,10-15H2,1-3H3,(H,23,24,25). The van der Waals surface area contributed by atoms with Gasteiger partial charge in [0.05, 0.1) is 0 Å². The molecule has 0 aliphatic carbocycles. The molecule has 1 N–H and O–H groups in total. The Labute approximate surface area is 168 Å². The zero-order valence-electron chi connectivity index (χ0n) is 17.2. The second-order valence-corrected chi connectivity index (χ2v) is 7.66. The number of benzene rings is 1. The molecular formula is C22H31N5O. The first-order chi connectivity index (χ1) is 13.6. The van der Waals surface area contributed by atoms with Crippen LogP contribution >= 0.6 is 0 Å². The van der Waals surface area contributed by atoms with Crippen molar-refractivity contribution in [2.45, 2.75) is 27.2 Å². The first-order valence-electron chi connectivity index (χ1n) is 10.3. The summed E-state index contributed by atoms with van der Waals surface area (Å²) in [7, 11) is 0. The molecule has 28 heavy (non-hydrogen) atoms. The molecule has 1 aliphatic rings. The lowest BCUT2D eigenvalue weighted by molar-refractivity contribution is 0.0637. The van der Waals surface area contributed by atoms with E-state index in [4.69, 9.17) is 0 Å². The first-order valence-corrected chi connectivity index (χ1v) is 10.3. The van der Waals surface area contributed by atoms with E-state index < -0.39 is 0 Å². The Morgan fingerprint density at radius 1 is 1.11 bits per heavy atom. The molecule has 3 rings (SSSR count). The molecule has 1 aliphatic heterocycles. The number of rotatable bonds is 7. The van der Waals surface area contributed by atoms with Crippen LogP contribution in [0.15, 0.2) is 36.4 Å². The Bertz CT molecular complexity index is 770. The molecule has 0 radical (unpaired) electrons. The van der Waals surface area contributed by atoms with E-state index in [1.807, 2.05) is 35.2 Å². The van der Waals surface area contributed by atoms with Gasteiger partial charge in [-0.15, -0.1) is 0 Å². The number of nitrogens with one attached hydrogen (secondary N) is 1. The average molecular weight is 382 g/mol. The summed E-state index contributed by atoms with van der Waals surface area (Å²) in [5.41, 5.74) is 1.38. The van der Waals surface area contributed by atoms with E-state index in [0.29, 0.717) is 23.3 Å². The van der Waals surface area contributed by atoms with Crippen LogP contribution in [0.4, 0.5) is 5.82 Å². The van der Waals surface area contributed by atoms with E-state index in [-0.39, 0.29) is 5.91 Å². The highest BCUT2D eigenvalue weighted by atomic mass is 16.2. The van der Waals surface area contributed by atoms with Gasteiger partial charge in [0.1, 0.15) is 11.5 Å². The molecule has 2 aromatic rings. The van der Waals surface area contributed by atoms with Gasteiger partial charge in [0.25, 0.3) is 5.91 Å². The third kappa shape index (κ3) is 5.29. The van der Waals surface area contributed by atoms with E-state index in [9.17, 15) is 4.79 Å². The number of nitrogens with zero attached hydrogens (tertiary/aromatic N) is 4. The Balaban J connectivity index is 1.83. The molecule has 0 atom stereocenters. The predicted octanol–water partition coefficient (Wildman–Crippen LogP) is 3.38. The zero-order valence-corrected chi connectivity index (χ0v) is 17.2. The predicted molar refractivity (Wildman–Crippen MR) is 113 cm³/mol. The summed E-state index contributed by atoms with van der Waals surface area (Å²) in [4.78, 5) is 26.6. The number of likely N-dealkylation sites (N-methyl/N-ethyl adjacent to an activating group) is 1. The number of amides is 1. The van der Waals surface area contributed by atoms with Gasteiger partial charge >= 0.3 is 0 Å². The van der Waals surface area contributed by atoms with Crippen LogP contribution in [0.1, 0.15) is 37.7 Å². The average Bonchev–Trinajstić information content (AvgIpc) is 2.73. The molecule has 1 fully saturated rings. The fraction of sp³-hybridized carbons (Fsp3) is 0.500. The molecule has 1 aromatic carbocycles. The number of hydrogen-bond acceptors (Lipinski definition) is 5. The van der Waals surface area contributed by atoms with Crippen LogP contribution in [-0.4, -0.2) is 64.9 Å². The summed E-state index contributed by atoms with van der Waals surface area (Å²) >= 11 is 0. The van der Waals surface area contributed by atoms with Gasteiger partial charge in [0.15, 0.2) is 5.82 Å². The highest BCUT2D eigenvalue weighted by Gasteiger charge is 2.23. The van der Waals surface area contributed by atoms with E-state index in [0.717, 1.165) is 51.3 Å². The minimum absolute atomic E-state index is 0.0118. The van der Waals surface area contributed by atoms with Crippen molar-refractivity contribution in [2.75, 3.05) is 44.6 Å². The summed E-state index contributed by atoms with van der Waals surface area (Å²) < 4.78 is 0. The van der Waals surface area contributed by atoms with Crippen LogP contribution in [0.25, 0.3) is 11.4 Å². The van der Waals surface area contributed by atoms with E-state index in [1.165, 1.54) is 0 Å². The van der Waals surface area contributed by atoms with Gasteiger partial charge in [-0.3, -0.25) is 4.79 Å². The van der Waals surface area contributed by atoms with Crippen molar-refractivity contribution >= 4 is 11.7 Å². The second-order valence-electron chi connectivity index (χ2n) is 7.66. The normalized spacial score (nSPS) is 15.1. The zero-order chi connectivity index (χ0) is 19.9. The van der Waals surface area contributed by atoms with Crippen molar-refractivity contribution in [2.24, 2.45) is 5.92 Å². The van der Waals surface area contributed by atoms with Crippen LogP contribution in [0, 0.1) is 5.92 Å². The number of piperazine rings is 1. The molecule has 0 bridgehead atoms. The van der Waals surface area contributed by atoms with Gasteiger partial charge in [0.2, 0.25) is 0 Å².